The number of aliphatic hydroxyl groups is 1. The van der Waals surface area contributed by atoms with E-state index in [-0.39, 0.29) is 31.6 Å². The van der Waals surface area contributed by atoms with E-state index in [2.05, 4.69) is 37.5 Å². The van der Waals surface area contributed by atoms with Crippen molar-refractivity contribution in [3.8, 4) is 0 Å². The van der Waals surface area contributed by atoms with Crippen LogP contribution in [0.3, 0.4) is 0 Å². The van der Waals surface area contributed by atoms with Crippen LogP contribution in [0.25, 0.3) is 0 Å². The molecule has 0 bridgehead atoms. The maximum Gasteiger partial charge on any atom is 0.320 e. The molecule has 44 heavy (non-hydrogen) atoms. The van der Waals surface area contributed by atoms with Crippen molar-refractivity contribution in [3.63, 3.8) is 0 Å². The number of hydrogen-bond acceptors (Lipinski definition) is 8. The van der Waals surface area contributed by atoms with Crippen LogP contribution in [-0.2, 0) is 19.1 Å². The lowest BCUT2D eigenvalue weighted by atomic mass is 9.96. The van der Waals surface area contributed by atoms with E-state index in [4.69, 9.17) is 9.47 Å². The molecule has 0 aromatic carbocycles. The summed E-state index contributed by atoms with van der Waals surface area (Å²) < 4.78 is 11.7. The highest BCUT2D eigenvalue weighted by molar-refractivity contribution is 5.75. The number of carbonyl (C=O) groups excluding carboxylic acids is 2. The van der Waals surface area contributed by atoms with Crippen LogP contribution in [0.15, 0.2) is 0 Å². The molecule has 0 saturated carbocycles. The molecule has 0 aliphatic carbocycles. The normalized spacial score (nSPS) is 15.9. The third-order valence-electron chi connectivity index (χ3n) is 9.14. The van der Waals surface area contributed by atoms with Crippen molar-refractivity contribution in [2.45, 2.75) is 130 Å². The number of aliphatic hydroxyl groups excluding tert-OH is 1. The number of hydrogen-bond donors (Lipinski definition) is 1. The van der Waals surface area contributed by atoms with Gasteiger partial charge in [-0.1, -0.05) is 105 Å². The van der Waals surface area contributed by atoms with Gasteiger partial charge in [-0.05, 0) is 37.5 Å². The Morgan fingerprint density at radius 2 is 1.02 bits per heavy atom. The van der Waals surface area contributed by atoms with Crippen molar-refractivity contribution in [1.82, 2.24) is 14.7 Å². The molecule has 1 aliphatic heterocycles. The highest BCUT2D eigenvalue weighted by Gasteiger charge is 2.22. The molecule has 1 heterocycles. The van der Waals surface area contributed by atoms with Crippen LogP contribution in [0.2, 0.25) is 0 Å². The summed E-state index contributed by atoms with van der Waals surface area (Å²) in [5.41, 5.74) is 0. The molecule has 1 rings (SSSR count). The SMILES string of the molecule is CCCCCCC(CCCC)COC(=O)CN(CCN1CCN(CCO)CC1)CC(=O)OCC(CCCC)CCCCCC. The number of esters is 2. The van der Waals surface area contributed by atoms with Crippen LogP contribution in [0, 0.1) is 11.8 Å². The molecule has 0 aromatic heterocycles. The van der Waals surface area contributed by atoms with Crippen LogP contribution in [0.1, 0.15) is 130 Å². The molecule has 1 N–H and O–H groups in total. The van der Waals surface area contributed by atoms with Crippen molar-refractivity contribution >= 4 is 11.9 Å². The van der Waals surface area contributed by atoms with E-state index in [0.29, 0.717) is 38.1 Å². The van der Waals surface area contributed by atoms with Crippen LogP contribution >= 0.6 is 0 Å². The van der Waals surface area contributed by atoms with Gasteiger partial charge in [0, 0.05) is 45.8 Å². The van der Waals surface area contributed by atoms with E-state index in [1.54, 1.807) is 0 Å². The minimum atomic E-state index is -0.239. The lowest BCUT2D eigenvalue weighted by Gasteiger charge is -2.35. The van der Waals surface area contributed by atoms with Gasteiger partial charge in [-0.2, -0.15) is 0 Å². The second kappa shape index (κ2) is 28.0. The van der Waals surface area contributed by atoms with Gasteiger partial charge in [-0.25, -0.2) is 0 Å². The zero-order valence-electron chi connectivity index (χ0n) is 29.4. The first-order chi connectivity index (χ1) is 21.4. The summed E-state index contributed by atoms with van der Waals surface area (Å²) in [6.45, 7) is 16.1. The number of unbranched alkanes of at least 4 members (excludes halogenated alkanes) is 8. The average Bonchev–Trinajstić information content (AvgIpc) is 3.02. The molecule has 260 valence electrons. The second-order valence-electron chi connectivity index (χ2n) is 13.2. The fourth-order valence-corrected chi connectivity index (χ4v) is 6.08. The third kappa shape index (κ3) is 21.5. The van der Waals surface area contributed by atoms with Crippen molar-refractivity contribution in [2.24, 2.45) is 11.8 Å². The first-order valence-electron chi connectivity index (χ1n) is 18.5. The van der Waals surface area contributed by atoms with Gasteiger partial charge in [0.15, 0.2) is 0 Å². The first-order valence-corrected chi connectivity index (χ1v) is 18.5. The summed E-state index contributed by atoms with van der Waals surface area (Å²) in [4.78, 5) is 32.7. The van der Waals surface area contributed by atoms with E-state index < -0.39 is 0 Å². The monoisotopic (exact) mass is 626 g/mol. The van der Waals surface area contributed by atoms with Crippen LogP contribution < -0.4 is 0 Å². The van der Waals surface area contributed by atoms with Crippen LogP contribution in [-0.4, -0.2) is 110 Å². The molecule has 0 spiro atoms. The lowest BCUT2D eigenvalue weighted by Crippen LogP contribution is -2.49. The van der Waals surface area contributed by atoms with Gasteiger partial charge in [-0.15, -0.1) is 0 Å². The summed E-state index contributed by atoms with van der Waals surface area (Å²) in [5, 5.41) is 9.25. The molecule has 8 heteroatoms. The minimum absolute atomic E-state index is 0.117. The predicted octanol–water partition coefficient (Wildman–Crippen LogP) is 6.54. The standard InChI is InChI=1S/C36H71N3O5/c1-5-9-13-15-19-33(17-11-7-3)31-43-35(41)29-39(26-25-37-21-23-38(24-22-37)27-28-40)30-36(42)44-32-34(18-12-8-4)20-16-14-10-6-2/h33-34,40H,5-32H2,1-4H3. The van der Waals surface area contributed by atoms with Crippen LogP contribution in [0.5, 0.6) is 0 Å². The van der Waals surface area contributed by atoms with E-state index in [9.17, 15) is 14.7 Å². The maximum absolute atomic E-state index is 13.1. The minimum Gasteiger partial charge on any atom is -0.464 e. The Labute approximate surface area is 271 Å². The van der Waals surface area contributed by atoms with E-state index in [1.807, 2.05) is 4.90 Å². The molecule has 0 amide bonds. The van der Waals surface area contributed by atoms with Gasteiger partial charge in [0.05, 0.1) is 32.9 Å². The molecule has 0 aromatic rings. The summed E-state index contributed by atoms with van der Waals surface area (Å²) in [5.74, 6) is 0.360. The molecule has 1 fully saturated rings. The lowest BCUT2D eigenvalue weighted by molar-refractivity contribution is -0.150. The van der Waals surface area contributed by atoms with Crippen LogP contribution in [0.4, 0.5) is 0 Å². The summed E-state index contributed by atoms with van der Waals surface area (Å²) in [6, 6.07) is 0. The Morgan fingerprint density at radius 3 is 1.43 bits per heavy atom. The molecule has 2 atom stereocenters. The number of nitrogens with zero attached hydrogens (tertiary/aromatic N) is 3. The highest BCUT2D eigenvalue weighted by atomic mass is 16.5. The molecular weight excluding hydrogens is 554 g/mol. The number of piperazine rings is 1. The fraction of sp³-hybridized carbons (Fsp3) is 0.944. The number of β-amino-alcohol motifs (C(OH)–C–C–N with tert-alkyl or cyclic N) is 1. The van der Waals surface area contributed by atoms with Gasteiger partial charge in [0.1, 0.15) is 0 Å². The Morgan fingerprint density at radius 1 is 0.614 bits per heavy atom. The van der Waals surface area contributed by atoms with Crippen molar-refractivity contribution < 1.29 is 24.2 Å². The third-order valence-corrected chi connectivity index (χ3v) is 9.14. The van der Waals surface area contributed by atoms with Gasteiger partial charge >= 0.3 is 11.9 Å². The zero-order valence-corrected chi connectivity index (χ0v) is 29.4. The largest absolute Gasteiger partial charge is 0.464 e. The molecule has 0 radical (unpaired) electrons. The Balaban J connectivity index is 2.69. The number of ether oxygens (including phenoxy) is 2. The topological polar surface area (TPSA) is 82.5 Å². The maximum atomic E-state index is 13.1. The van der Waals surface area contributed by atoms with Gasteiger partial charge in [0.25, 0.3) is 0 Å². The first kappa shape index (κ1) is 40.8. The quantitative estimate of drug-likeness (QED) is 0.0742. The summed E-state index contributed by atoms with van der Waals surface area (Å²) >= 11 is 0. The summed E-state index contributed by atoms with van der Waals surface area (Å²) in [6.07, 6.45) is 18.9. The van der Waals surface area contributed by atoms with E-state index >= 15 is 0 Å². The smallest absolute Gasteiger partial charge is 0.320 e. The Kier molecular flexibility index (Phi) is 26.0. The molecular formula is C36H71N3O5. The van der Waals surface area contributed by atoms with Gasteiger partial charge in [0.2, 0.25) is 0 Å². The molecule has 2 unspecified atom stereocenters. The van der Waals surface area contributed by atoms with Crippen molar-refractivity contribution in [3.05, 3.63) is 0 Å². The molecule has 1 aliphatic rings. The fourth-order valence-electron chi connectivity index (χ4n) is 6.08. The second-order valence-corrected chi connectivity index (χ2v) is 13.2. The summed E-state index contributed by atoms with van der Waals surface area (Å²) in [7, 11) is 0. The number of rotatable bonds is 29. The van der Waals surface area contributed by atoms with Crippen molar-refractivity contribution in [2.75, 3.05) is 78.7 Å². The molecule has 1 saturated heterocycles. The van der Waals surface area contributed by atoms with E-state index in [0.717, 1.165) is 84.1 Å². The highest BCUT2D eigenvalue weighted by Crippen LogP contribution is 2.19. The van der Waals surface area contributed by atoms with E-state index in [1.165, 1.54) is 51.4 Å². The molecule has 8 nitrogen and oxygen atoms in total. The zero-order chi connectivity index (χ0) is 32.3. The van der Waals surface area contributed by atoms with Gasteiger partial charge < -0.3 is 14.6 Å². The predicted molar refractivity (Wildman–Crippen MR) is 182 cm³/mol. The average molecular weight is 626 g/mol. The van der Waals surface area contributed by atoms with Crippen molar-refractivity contribution in [1.29, 1.82) is 0 Å². The Bertz CT molecular complexity index is 645. The Hall–Kier alpha value is -1.22. The number of carbonyl (C=O) groups is 2. The van der Waals surface area contributed by atoms with Gasteiger partial charge in [-0.3, -0.25) is 24.3 Å².